The molecule has 3 aliphatic rings. The third-order valence-electron chi connectivity index (χ3n) is 16.0. The van der Waals surface area contributed by atoms with Crippen LogP contribution in [-0.4, -0.2) is 6.71 Å². The molecule has 0 N–H and O–H groups in total. The highest BCUT2D eigenvalue weighted by atomic mass is 16.3. The third kappa shape index (κ3) is 7.33. The summed E-state index contributed by atoms with van der Waals surface area (Å²) >= 11 is 0. The predicted octanol–water partition coefficient (Wildman–Crippen LogP) is 16.6. The van der Waals surface area contributed by atoms with E-state index in [1.807, 2.05) is 0 Å². The van der Waals surface area contributed by atoms with Crippen molar-refractivity contribution in [3.8, 4) is 11.1 Å². The molecule has 8 aromatic carbocycles. The van der Waals surface area contributed by atoms with E-state index in [0.717, 1.165) is 75.0 Å². The summed E-state index contributed by atoms with van der Waals surface area (Å²) in [6.45, 7) is 23.4. The van der Waals surface area contributed by atoms with Gasteiger partial charge in [-0.05, 0) is 152 Å². The van der Waals surface area contributed by atoms with Crippen LogP contribution in [0, 0.1) is 0 Å². The molecule has 0 atom stereocenters. The Morgan fingerprint density at radius 1 is 0.493 bits per heavy atom. The Bertz CT molecular complexity index is 3460. The quantitative estimate of drug-likeness (QED) is 0.155. The molecule has 3 heterocycles. The summed E-state index contributed by atoms with van der Waals surface area (Å²) in [6, 6.07) is 68.0. The highest BCUT2D eigenvalue weighted by molar-refractivity contribution is 7.00. The molecule has 0 spiro atoms. The average Bonchev–Trinajstić information content (AvgIpc) is 3.74. The Morgan fingerprint density at radius 3 is 1.66 bits per heavy atom. The largest absolute Gasteiger partial charge is 0.468 e. The van der Waals surface area contributed by atoms with Crippen LogP contribution < -0.4 is 31.3 Å². The smallest absolute Gasteiger partial charge is 0.297 e. The number of fused-ring (bicyclic) bond motifs is 7. The standard InChI is InChI=1S/C66H64BN3O/c1-63(2,3)45-31-33-48(34-32-45)69-57-39-49(68(46-24-16-12-17-25-46)47-26-18-13-19-27-47)40-58-60(57)67(62-61(69)50-41-52-53(42-59(50)71-62)66(9,10)37-36-65(52,7)8)54-35-30-44(43-22-14-11-15-23-43)38-56(54)70(58)55-29-21-20-28-51(55)64(4,5)6/h11-35,38-42H,36-37H2,1-10H3. The molecule has 2 aliphatic heterocycles. The van der Waals surface area contributed by atoms with Crippen molar-refractivity contribution in [1.29, 1.82) is 0 Å². The van der Waals surface area contributed by atoms with Crippen LogP contribution in [-0.2, 0) is 21.7 Å². The zero-order valence-corrected chi connectivity index (χ0v) is 43.1. The Balaban J connectivity index is 1.25. The van der Waals surface area contributed by atoms with E-state index in [2.05, 4.69) is 266 Å². The zero-order valence-electron chi connectivity index (χ0n) is 43.1. The molecule has 1 aliphatic carbocycles. The lowest BCUT2D eigenvalue weighted by Crippen LogP contribution is -2.61. The average molecular weight is 926 g/mol. The zero-order chi connectivity index (χ0) is 49.2. The lowest BCUT2D eigenvalue weighted by Gasteiger charge is -2.44. The number of nitrogens with zero attached hydrogens (tertiary/aromatic N) is 3. The van der Waals surface area contributed by atoms with Gasteiger partial charge in [-0.15, -0.1) is 0 Å². The van der Waals surface area contributed by atoms with Gasteiger partial charge in [-0.2, -0.15) is 0 Å². The summed E-state index contributed by atoms with van der Waals surface area (Å²) in [7, 11) is 0. The lowest BCUT2D eigenvalue weighted by molar-refractivity contribution is 0.332. The van der Waals surface area contributed by atoms with Crippen LogP contribution in [0.1, 0.15) is 104 Å². The summed E-state index contributed by atoms with van der Waals surface area (Å²) in [5.74, 6) is 0. The van der Waals surface area contributed by atoms with Crippen molar-refractivity contribution in [2.24, 2.45) is 0 Å². The van der Waals surface area contributed by atoms with Crippen molar-refractivity contribution in [2.75, 3.05) is 14.7 Å². The first-order valence-electron chi connectivity index (χ1n) is 25.7. The number of rotatable bonds is 6. The number of para-hydroxylation sites is 3. The van der Waals surface area contributed by atoms with Crippen LogP contribution >= 0.6 is 0 Å². The highest BCUT2D eigenvalue weighted by Crippen LogP contribution is 2.54. The first-order valence-corrected chi connectivity index (χ1v) is 25.7. The van der Waals surface area contributed by atoms with Crippen LogP contribution in [0.5, 0.6) is 0 Å². The molecular weight excluding hydrogens is 862 g/mol. The minimum atomic E-state index is -0.209. The molecule has 71 heavy (non-hydrogen) atoms. The van der Waals surface area contributed by atoms with Crippen molar-refractivity contribution in [1.82, 2.24) is 0 Å². The molecule has 5 heteroatoms. The fourth-order valence-corrected chi connectivity index (χ4v) is 12.0. The van der Waals surface area contributed by atoms with Crippen LogP contribution in [0.15, 0.2) is 186 Å². The minimum absolute atomic E-state index is 0.00733. The Morgan fingerprint density at radius 2 is 1.06 bits per heavy atom. The van der Waals surface area contributed by atoms with Gasteiger partial charge >= 0.3 is 0 Å². The van der Waals surface area contributed by atoms with E-state index in [4.69, 9.17) is 4.42 Å². The summed E-state index contributed by atoms with van der Waals surface area (Å²) in [5.41, 5.74) is 22.1. The van der Waals surface area contributed by atoms with Gasteiger partial charge in [0.2, 0.25) is 0 Å². The molecule has 0 unspecified atom stereocenters. The van der Waals surface area contributed by atoms with Gasteiger partial charge in [-0.1, -0.05) is 178 Å². The fourth-order valence-electron chi connectivity index (χ4n) is 12.0. The van der Waals surface area contributed by atoms with Crippen LogP contribution in [0.3, 0.4) is 0 Å². The van der Waals surface area contributed by atoms with E-state index >= 15 is 0 Å². The summed E-state index contributed by atoms with van der Waals surface area (Å²) in [6.07, 6.45) is 2.26. The SMILES string of the molecule is CC(C)(C)c1ccc(N2c3cc(N(c4ccccc4)c4ccccc4)cc4c3B(c3ccc(-c5ccccc5)cc3N4c3ccccc3C(C)(C)C)c3oc4cc5c(cc4c32)C(C)(C)CCC5(C)C)cc1. The van der Waals surface area contributed by atoms with Crippen molar-refractivity contribution in [3.63, 3.8) is 0 Å². The van der Waals surface area contributed by atoms with Crippen LogP contribution in [0.4, 0.5) is 51.2 Å². The maximum Gasteiger partial charge on any atom is 0.297 e. The first-order chi connectivity index (χ1) is 34.0. The van der Waals surface area contributed by atoms with Gasteiger partial charge in [0.05, 0.1) is 17.0 Å². The van der Waals surface area contributed by atoms with E-state index in [1.54, 1.807) is 0 Å². The van der Waals surface area contributed by atoms with Gasteiger partial charge in [0.25, 0.3) is 6.71 Å². The molecule has 12 rings (SSSR count). The second-order valence-electron chi connectivity index (χ2n) is 23.7. The number of hydrogen-bond acceptors (Lipinski definition) is 4. The second kappa shape index (κ2) is 16.1. The molecule has 9 aromatic rings. The third-order valence-corrected chi connectivity index (χ3v) is 16.0. The predicted molar refractivity (Wildman–Crippen MR) is 303 cm³/mol. The number of furan rings is 1. The molecule has 0 radical (unpaired) electrons. The van der Waals surface area contributed by atoms with E-state index in [0.29, 0.717) is 0 Å². The van der Waals surface area contributed by atoms with E-state index in [9.17, 15) is 0 Å². The van der Waals surface area contributed by atoms with Crippen molar-refractivity contribution < 1.29 is 4.42 Å². The van der Waals surface area contributed by atoms with Gasteiger partial charge < -0.3 is 19.1 Å². The van der Waals surface area contributed by atoms with Crippen molar-refractivity contribution in [2.45, 2.75) is 104 Å². The molecule has 0 bridgehead atoms. The van der Waals surface area contributed by atoms with Gasteiger partial charge in [0, 0.05) is 45.2 Å². The fraction of sp³-hybridized carbons (Fsp3) is 0.242. The van der Waals surface area contributed by atoms with Gasteiger partial charge in [-0.25, -0.2) is 0 Å². The Kier molecular flexibility index (Phi) is 10.2. The summed E-state index contributed by atoms with van der Waals surface area (Å²) in [4.78, 5) is 7.58. The Labute approximate surface area is 421 Å². The Hall–Kier alpha value is -7.24. The molecule has 352 valence electrons. The number of hydrogen-bond donors (Lipinski definition) is 0. The lowest BCUT2D eigenvalue weighted by atomic mass is 9.35. The molecule has 0 saturated heterocycles. The van der Waals surface area contributed by atoms with Gasteiger partial charge in [0.1, 0.15) is 5.58 Å². The summed E-state index contributed by atoms with van der Waals surface area (Å²) in [5, 5.41) is 1.16. The van der Waals surface area contributed by atoms with Crippen LogP contribution in [0.25, 0.3) is 22.1 Å². The molecule has 0 amide bonds. The van der Waals surface area contributed by atoms with Gasteiger partial charge in [-0.3, -0.25) is 0 Å². The molecule has 0 saturated carbocycles. The van der Waals surface area contributed by atoms with Gasteiger partial charge in [0.15, 0.2) is 0 Å². The van der Waals surface area contributed by atoms with Crippen LogP contribution in [0.2, 0.25) is 0 Å². The molecule has 0 fully saturated rings. The minimum Gasteiger partial charge on any atom is -0.468 e. The summed E-state index contributed by atoms with van der Waals surface area (Å²) < 4.78 is 7.63. The van der Waals surface area contributed by atoms with E-state index < -0.39 is 0 Å². The maximum absolute atomic E-state index is 7.63. The molecule has 1 aromatic heterocycles. The normalized spacial score (nSPS) is 15.5. The maximum atomic E-state index is 7.63. The molecular formula is C66H64BN3O. The molecule has 4 nitrogen and oxygen atoms in total. The van der Waals surface area contributed by atoms with E-state index in [1.165, 1.54) is 50.0 Å². The monoisotopic (exact) mass is 926 g/mol. The highest BCUT2D eigenvalue weighted by Gasteiger charge is 2.49. The topological polar surface area (TPSA) is 22.9 Å². The van der Waals surface area contributed by atoms with Crippen molar-refractivity contribution >= 4 is 85.5 Å². The first kappa shape index (κ1) is 44.9. The number of anilines is 9. The van der Waals surface area contributed by atoms with E-state index in [-0.39, 0.29) is 28.4 Å². The number of benzene rings is 8. The second-order valence-corrected chi connectivity index (χ2v) is 23.7. The van der Waals surface area contributed by atoms with Crippen molar-refractivity contribution in [3.05, 3.63) is 204 Å².